The lowest BCUT2D eigenvalue weighted by molar-refractivity contribution is -0.112. The van der Waals surface area contributed by atoms with Gasteiger partial charge in [-0.3, -0.25) is 4.79 Å². The van der Waals surface area contributed by atoms with E-state index >= 15 is 0 Å². The molecule has 162 valence electrons. The van der Waals surface area contributed by atoms with Crippen LogP contribution in [0.2, 0.25) is 10.0 Å². The molecule has 0 aromatic heterocycles. The summed E-state index contributed by atoms with van der Waals surface area (Å²) in [5, 5.41) is 12.8. The Bertz CT molecular complexity index is 1240. The highest BCUT2D eigenvalue weighted by Gasteiger charge is 2.13. The largest absolute Gasteiger partial charge is 0.487 e. The minimum atomic E-state index is -0.567. The van der Waals surface area contributed by atoms with Gasteiger partial charge in [-0.05, 0) is 105 Å². The van der Waals surface area contributed by atoms with Crippen molar-refractivity contribution < 1.29 is 13.9 Å². The lowest BCUT2D eigenvalue weighted by atomic mass is 10.1. The fourth-order valence-corrected chi connectivity index (χ4v) is 5.10. The van der Waals surface area contributed by atoms with Crippen molar-refractivity contribution in [3.05, 3.63) is 94.3 Å². The van der Waals surface area contributed by atoms with Crippen LogP contribution in [0.1, 0.15) is 11.1 Å². The zero-order valence-electron chi connectivity index (χ0n) is 16.1. The molecule has 0 saturated heterocycles. The number of halogens is 5. The summed E-state index contributed by atoms with van der Waals surface area (Å²) in [5.41, 5.74) is 1.73. The van der Waals surface area contributed by atoms with Gasteiger partial charge in [0.2, 0.25) is 0 Å². The zero-order chi connectivity index (χ0) is 23.3. The molecule has 0 bridgehead atoms. The SMILES string of the molecule is N#C/C(=C\c1cc(I)c(OCc2cccc(F)c2)c(I)c1)C(=O)Nc1ccc(Cl)c(Cl)c1. The van der Waals surface area contributed by atoms with Gasteiger partial charge in [0.05, 0.1) is 17.2 Å². The molecule has 0 aliphatic carbocycles. The monoisotopic (exact) mass is 692 g/mol. The molecule has 0 radical (unpaired) electrons. The third-order valence-corrected chi connectivity index (χ3v) is 6.49. The Labute approximate surface area is 221 Å². The number of hydrogen-bond acceptors (Lipinski definition) is 3. The van der Waals surface area contributed by atoms with Gasteiger partial charge in [0.25, 0.3) is 5.91 Å². The molecule has 3 aromatic rings. The first-order chi connectivity index (χ1) is 15.3. The lowest BCUT2D eigenvalue weighted by Gasteiger charge is -2.12. The van der Waals surface area contributed by atoms with Crippen LogP contribution in [0, 0.1) is 24.3 Å². The van der Waals surface area contributed by atoms with E-state index in [2.05, 4.69) is 50.5 Å². The molecule has 0 saturated carbocycles. The number of hydrogen-bond donors (Lipinski definition) is 1. The number of nitriles is 1. The highest BCUT2D eigenvalue weighted by atomic mass is 127. The number of benzene rings is 3. The number of amides is 1. The van der Waals surface area contributed by atoms with Crippen molar-refractivity contribution in [1.29, 1.82) is 5.26 Å². The van der Waals surface area contributed by atoms with Crippen LogP contribution in [0.15, 0.2) is 60.2 Å². The highest BCUT2D eigenvalue weighted by molar-refractivity contribution is 14.1. The van der Waals surface area contributed by atoms with Gasteiger partial charge in [-0.15, -0.1) is 0 Å². The molecule has 3 aromatic carbocycles. The first-order valence-electron chi connectivity index (χ1n) is 9.01. The van der Waals surface area contributed by atoms with E-state index < -0.39 is 5.91 Å². The quantitative estimate of drug-likeness (QED) is 0.166. The summed E-state index contributed by atoms with van der Waals surface area (Å²) < 4.78 is 20.8. The second-order valence-electron chi connectivity index (χ2n) is 6.49. The predicted octanol–water partition coefficient (Wildman–Crippen LogP) is 7.47. The van der Waals surface area contributed by atoms with Gasteiger partial charge in [-0.25, -0.2) is 4.39 Å². The van der Waals surface area contributed by atoms with Gasteiger partial charge in [0.15, 0.2) is 0 Å². The molecule has 4 nitrogen and oxygen atoms in total. The van der Waals surface area contributed by atoms with Gasteiger partial charge in [0, 0.05) is 5.69 Å². The van der Waals surface area contributed by atoms with E-state index in [4.69, 9.17) is 27.9 Å². The maximum absolute atomic E-state index is 13.4. The molecule has 3 rings (SSSR count). The average molecular weight is 693 g/mol. The minimum absolute atomic E-state index is 0.0731. The van der Waals surface area contributed by atoms with Crippen molar-refractivity contribution >= 4 is 86.1 Å². The standard InChI is InChI=1S/C23H13Cl2FI2N2O2/c24-18-5-4-17(10-19(18)25)30-23(31)15(11-29)6-14-8-20(27)22(21(28)9-14)32-12-13-2-1-3-16(26)7-13/h1-10H,12H2,(H,30,31)/b15-6+. The normalized spacial score (nSPS) is 11.1. The van der Waals surface area contributed by atoms with Crippen LogP contribution >= 0.6 is 68.4 Å². The molecular weight excluding hydrogens is 680 g/mol. The number of carbonyl (C=O) groups excluding carboxylic acids is 1. The van der Waals surface area contributed by atoms with Crippen LogP contribution in [0.25, 0.3) is 6.08 Å². The van der Waals surface area contributed by atoms with Crippen molar-refractivity contribution in [2.75, 3.05) is 5.32 Å². The smallest absolute Gasteiger partial charge is 0.266 e. The van der Waals surface area contributed by atoms with Gasteiger partial charge >= 0.3 is 0 Å². The molecule has 0 atom stereocenters. The average Bonchev–Trinajstić information content (AvgIpc) is 2.74. The molecule has 32 heavy (non-hydrogen) atoms. The summed E-state index contributed by atoms with van der Waals surface area (Å²) in [4.78, 5) is 12.5. The van der Waals surface area contributed by atoms with E-state index in [-0.39, 0.29) is 18.0 Å². The Morgan fingerprint density at radius 1 is 1.09 bits per heavy atom. The molecule has 0 unspecified atom stereocenters. The second-order valence-corrected chi connectivity index (χ2v) is 9.62. The van der Waals surface area contributed by atoms with E-state index in [0.29, 0.717) is 32.6 Å². The lowest BCUT2D eigenvalue weighted by Crippen LogP contribution is -2.13. The predicted molar refractivity (Wildman–Crippen MR) is 141 cm³/mol. The molecule has 0 aliphatic heterocycles. The Kier molecular flexibility index (Phi) is 8.76. The second kappa shape index (κ2) is 11.3. The summed E-state index contributed by atoms with van der Waals surface area (Å²) >= 11 is 16.1. The van der Waals surface area contributed by atoms with Crippen molar-refractivity contribution in [3.63, 3.8) is 0 Å². The maximum atomic E-state index is 13.4. The number of ether oxygens (including phenoxy) is 1. The fourth-order valence-electron chi connectivity index (χ4n) is 2.67. The Morgan fingerprint density at radius 3 is 2.44 bits per heavy atom. The Hall–Kier alpha value is -1.87. The van der Waals surface area contributed by atoms with Crippen LogP contribution in [-0.4, -0.2) is 5.91 Å². The van der Waals surface area contributed by atoms with Crippen LogP contribution < -0.4 is 10.1 Å². The van der Waals surface area contributed by atoms with E-state index in [0.717, 1.165) is 7.14 Å². The van der Waals surface area contributed by atoms with Gasteiger partial charge < -0.3 is 10.1 Å². The van der Waals surface area contributed by atoms with Crippen molar-refractivity contribution in [1.82, 2.24) is 0 Å². The third-order valence-electron chi connectivity index (χ3n) is 4.15. The van der Waals surface area contributed by atoms with Gasteiger partial charge in [0.1, 0.15) is 29.8 Å². The first kappa shape index (κ1) is 24.8. The Morgan fingerprint density at radius 2 is 1.81 bits per heavy atom. The van der Waals surface area contributed by atoms with Crippen molar-refractivity contribution in [2.45, 2.75) is 6.61 Å². The van der Waals surface area contributed by atoms with Gasteiger partial charge in [-0.2, -0.15) is 5.26 Å². The van der Waals surface area contributed by atoms with Crippen LogP contribution in [0.5, 0.6) is 5.75 Å². The molecule has 1 amide bonds. The third kappa shape index (κ3) is 6.57. The number of carbonyl (C=O) groups is 1. The molecule has 9 heteroatoms. The van der Waals surface area contributed by atoms with Crippen LogP contribution in [-0.2, 0) is 11.4 Å². The fraction of sp³-hybridized carbons (Fsp3) is 0.0435. The van der Waals surface area contributed by atoms with E-state index in [1.165, 1.54) is 24.3 Å². The maximum Gasteiger partial charge on any atom is 0.266 e. The van der Waals surface area contributed by atoms with Gasteiger partial charge in [-0.1, -0.05) is 35.3 Å². The van der Waals surface area contributed by atoms with Crippen LogP contribution in [0.3, 0.4) is 0 Å². The summed E-state index contributed by atoms with van der Waals surface area (Å²) in [5.74, 6) is -0.243. The number of nitrogens with one attached hydrogen (secondary N) is 1. The molecular formula is C23H13Cl2FI2N2O2. The topological polar surface area (TPSA) is 62.1 Å². The van der Waals surface area contributed by atoms with E-state index in [1.54, 1.807) is 36.4 Å². The number of anilines is 1. The molecule has 1 N–H and O–H groups in total. The summed E-state index contributed by atoms with van der Waals surface area (Å²) in [6.45, 7) is 0.217. The summed E-state index contributed by atoms with van der Waals surface area (Å²) in [6, 6.07) is 16.4. The number of nitrogens with zero attached hydrogens (tertiary/aromatic N) is 1. The summed E-state index contributed by atoms with van der Waals surface area (Å²) in [6.07, 6.45) is 1.49. The molecule has 0 heterocycles. The highest BCUT2D eigenvalue weighted by Crippen LogP contribution is 2.31. The van der Waals surface area contributed by atoms with E-state index in [9.17, 15) is 14.4 Å². The minimum Gasteiger partial charge on any atom is -0.487 e. The zero-order valence-corrected chi connectivity index (χ0v) is 22.0. The first-order valence-corrected chi connectivity index (χ1v) is 11.9. The van der Waals surface area contributed by atoms with Crippen molar-refractivity contribution in [3.8, 4) is 11.8 Å². The van der Waals surface area contributed by atoms with E-state index in [1.807, 2.05) is 6.07 Å². The molecule has 0 fully saturated rings. The molecule has 0 aliphatic rings. The van der Waals surface area contributed by atoms with Crippen molar-refractivity contribution in [2.24, 2.45) is 0 Å². The summed E-state index contributed by atoms with van der Waals surface area (Å²) in [7, 11) is 0. The number of rotatable bonds is 6. The molecule has 0 spiro atoms. The Balaban J connectivity index is 1.77. The van der Waals surface area contributed by atoms with Crippen LogP contribution in [0.4, 0.5) is 10.1 Å².